The average Bonchev–Trinajstić information content (AvgIpc) is 3.09. The average molecular weight is 629 g/mol. The Morgan fingerprint density at radius 2 is 0.978 bits per heavy atom. The Bertz CT molecular complexity index is 1250. The third-order valence-electron chi connectivity index (χ3n) is 8.57. The number of carbonyl (C=O) groups excluding carboxylic acids is 2. The smallest absolute Gasteiger partial charge is 0.343 e. The highest BCUT2D eigenvalue weighted by atomic mass is 16.5. The number of hydrogen-bond acceptors (Lipinski definition) is 5. The summed E-state index contributed by atoms with van der Waals surface area (Å²) in [4.78, 5) is 25.0. The quantitative estimate of drug-likeness (QED) is 0.0594. The summed E-state index contributed by atoms with van der Waals surface area (Å²) in [5.74, 6) is 0.866. The molecule has 0 bridgehead atoms. The molecule has 3 aromatic carbocycles. The molecule has 0 radical (unpaired) electrons. The standard InChI is InChI=1S/C41H56O5/c1-4-6-7-8-9-10-11-12-13-14-15-16-17-18-31-44-38-27-25-37(26-28-38)41(43)46-39-29-23-35(24-30-39)34-19-21-36(22-20-34)40(42)45-32-33(3)5-2/h19-30,33H,4-18,31-32H2,1-3H3. The molecular weight excluding hydrogens is 572 g/mol. The number of ether oxygens (including phenoxy) is 3. The van der Waals surface area contributed by atoms with Gasteiger partial charge in [-0.05, 0) is 72.0 Å². The number of benzene rings is 3. The van der Waals surface area contributed by atoms with Crippen LogP contribution in [0.25, 0.3) is 11.1 Å². The predicted molar refractivity (Wildman–Crippen MR) is 189 cm³/mol. The lowest BCUT2D eigenvalue weighted by atomic mass is 10.0. The van der Waals surface area contributed by atoms with Crippen LogP contribution in [0, 0.1) is 5.92 Å². The zero-order valence-electron chi connectivity index (χ0n) is 28.6. The molecule has 3 aromatic rings. The van der Waals surface area contributed by atoms with Gasteiger partial charge in [0.25, 0.3) is 0 Å². The lowest BCUT2D eigenvalue weighted by molar-refractivity contribution is 0.0447. The zero-order chi connectivity index (χ0) is 32.8. The number of hydrogen-bond donors (Lipinski definition) is 0. The maximum absolute atomic E-state index is 12.7. The number of rotatable bonds is 23. The van der Waals surface area contributed by atoms with Crippen LogP contribution in [0.2, 0.25) is 0 Å². The van der Waals surface area contributed by atoms with E-state index < -0.39 is 5.97 Å². The summed E-state index contributed by atoms with van der Waals surface area (Å²) in [5, 5.41) is 0. The first kappa shape index (κ1) is 36.9. The molecule has 1 atom stereocenters. The van der Waals surface area contributed by atoms with Crippen LogP contribution in [0.4, 0.5) is 0 Å². The summed E-state index contributed by atoms with van der Waals surface area (Å²) < 4.78 is 16.9. The van der Waals surface area contributed by atoms with E-state index in [4.69, 9.17) is 14.2 Å². The Balaban J connectivity index is 1.28. The molecule has 0 saturated heterocycles. The van der Waals surface area contributed by atoms with Gasteiger partial charge in [-0.15, -0.1) is 0 Å². The number of esters is 2. The van der Waals surface area contributed by atoms with Crippen molar-refractivity contribution in [1.82, 2.24) is 0 Å². The molecule has 0 spiro atoms. The summed E-state index contributed by atoms with van der Waals surface area (Å²) in [6.07, 6.45) is 19.7. The van der Waals surface area contributed by atoms with Crippen LogP contribution in [0.3, 0.4) is 0 Å². The minimum Gasteiger partial charge on any atom is -0.494 e. The van der Waals surface area contributed by atoms with Gasteiger partial charge in [0.1, 0.15) is 11.5 Å². The largest absolute Gasteiger partial charge is 0.494 e. The van der Waals surface area contributed by atoms with Gasteiger partial charge >= 0.3 is 11.9 Å². The van der Waals surface area contributed by atoms with Crippen LogP contribution < -0.4 is 9.47 Å². The third kappa shape index (κ3) is 14.2. The molecule has 0 amide bonds. The maximum Gasteiger partial charge on any atom is 0.343 e. The van der Waals surface area contributed by atoms with Crippen molar-refractivity contribution in [2.45, 2.75) is 117 Å². The predicted octanol–water partition coefficient (Wildman–Crippen LogP) is 11.6. The van der Waals surface area contributed by atoms with Crippen LogP contribution >= 0.6 is 0 Å². The molecule has 0 aromatic heterocycles. The first-order chi connectivity index (χ1) is 22.5. The first-order valence-corrected chi connectivity index (χ1v) is 17.8. The van der Waals surface area contributed by atoms with E-state index in [1.807, 2.05) is 36.4 Å². The van der Waals surface area contributed by atoms with Gasteiger partial charge in [0.15, 0.2) is 0 Å². The Hall–Kier alpha value is -3.60. The van der Waals surface area contributed by atoms with Crippen LogP contribution in [-0.4, -0.2) is 25.2 Å². The van der Waals surface area contributed by atoms with E-state index in [9.17, 15) is 9.59 Å². The lowest BCUT2D eigenvalue weighted by Crippen LogP contribution is -2.11. The second-order valence-corrected chi connectivity index (χ2v) is 12.6. The van der Waals surface area contributed by atoms with E-state index in [1.165, 1.54) is 83.5 Å². The minimum atomic E-state index is -0.411. The van der Waals surface area contributed by atoms with Gasteiger partial charge in [-0.2, -0.15) is 0 Å². The highest BCUT2D eigenvalue weighted by Crippen LogP contribution is 2.24. The van der Waals surface area contributed by atoms with Crippen LogP contribution in [0.1, 0.15) is 138 Å². The summed E-state index contributed by atoms with van der Waals surface area (Å²) in [5.41, 5.74) is 2.92. The molecule has 0 fully saturated rings. The SMILES string of the molecule is CCCCCCCCCCCCCCCCOc1ccc(C(=O)Oc2ccc(-c3ccc(C(=O)OCC(C)CC)cc3)cc2)cc1. The fourth-order valence-electron chi connectivity index (χ4n) is 5.27. The highest BCUT2D eigenvalue weighted by molar-refractivity contribution is 5.91. The van der Waals surface area contributed by atoms with E-state index in [2.05, 4.69) is 20.8 Å². The Morgan fingerprint density at radius 1 is 0.543 bits per heavy atom. The van der Waals surface area contributed by atoms with E-state index in [0.717, 1.165) is 29.7 Å². The van der Waals surface area contributed by atoms with Crippen molar-refractivity contribution in [3.63, 3.8) is 0 Å². The molecule has 0 heterocycles. The Labute approximate surface area is 278 Å². The van der Waals surface area contributed by atoms with Crippen molar-refractivity contribution in [1.29, 1.82) is 0 Å². The van der Waals surface area contributed by atoms with Crippen molar-refractivity contribution in [3.8, 4) is 22.6 Å². The van der Waals surface area contributed by atoms with Gasteiger partial charge in [0, 0.05) is 0 Å². The van der Waals surface area contributed by atoms with Gasteiger partial charge in [-0.25, -0.2) is 9.59 Å². The normalized spacial score (nSPS) is 11.6. The Morgan fingerprint density at radius 3 is 1.50 bits per heavy atom. The van der Waals surface area contributed by atoms with Crippen molar-refractivity contribution in [2.75, 3.05) is 13.2 Å². The molecule has 3 rings (SSSR count). The molecule has 0 aliphatic heterocycles. The lowest BCUT2D eigenvalue weighted by Gasteiger charge is -2.10. The van der Waals surface area contributed by atoms with Crippen LogP contribution in [-0.2, 0) is 4.74 Å². The molecule has 0 N–H and O–H groups in total. The van der Waals surface area contributed by atoms with Crippen molar-refractivity contribution < 1.29 is 23.8 Å². The van der Waals surface area contributed by atoms with Crippen LogP contribution in [0.5, 0.6) is 11.5 Å². The molecule has 46 heavy (non-hydrogen) atoms. The van der Waals surface area contributed by atoms with Gasteiger partial charge in [0.2, 0.25) is 0 Å². The summed E-state index contributed by atoms with van der Waals surface area (Å²) in [7, 11) is 0. The minimum absolute atomic E-state index is 0.307. The summed E-state index contributed by atoms with van der Waals surface area (Å²) in [6.45, 7) is 7.53. The van der Waals surface area contributed by atoms with Gasteiger partial charge < -0.3 is 14.2 Å². The molecule has 5 nitrogen and oxygen atoms in total. The van der Waals surface area contributed by atoms with E-state index >= 15 is 0 Å². The Kier molecular flexibility index (Phi) is 17.6. The van der Waals surface area contributed by atoms with Gasteiger partial charge in [-0.1, -0.05) is 135 Å². The fraction of sp³-hybridized carbons (Fsp3) is 0.512. The van der Waals surface area contributed by atoms with E-state index in [0.29, 0.717) is 36.0 Å². The second kappa shape index (κ2) is 22.0. The van der Waals surface area contributed by atoms with Crippen molar-refractivity contribution in [3.05, 3.63) is 83.9 Å². The maximum atomic E-state index is 12.7. The second-order valence-electron chi connectivity index (χ2n) is 12.6. The molecular formula is C41H56O5. The topological polar surface area (TPSA) is 61.8 Å². The van der Waals surface area contributed by atoms with E-state index in [1.54, 1.807) is 36.4 Å². The fourth-order valence-corrected chi connectivity index (χ4v) is 5.27. The van der Waals surface area contributed by atoms with Gasteiger partial charge in [-0.3, -0.25) is 0 Å². The molecule has 5 heteroatoms. The van der Waals surface area contributed by atoms with Crippen LogP contribution in [0.15, 0.2) is 72.8 Å². The molecule has 1 unspecified atom stereocenters. The first-order valence-electron chi connectivity index (χ1n) is 17.8. The highest BCUT2D eigenvalue weighted by Gasteiger charge is 2.11. The van der Waals surface area contributed by atoms with Gasteiger partial charge in [0.05, 0.1) is 24.3 Å². The molecule has 250 valence electrons. The molecule has 0 aliphatic carbocycles. The third-order valence-corrected chi connectivity index (χ3v) is 8.57. The monoisotopic (exact) mass is 628 g/mol. The van der Waals surface area contributed by atoms with Crippen molar-refractivity contribution >= 4 is 11.9 Å². The molecule has 0 saturated carbocycles. The summed E-state index contributed by atoms with van der Waals surface area (Å²) >= 11 is 0. The molecule has 0 aliphatic rings. The summed E-state index contributed by atoms with van der Waals surface area (Å²) in [6, 6.07) is 21.8. The van der Waals surface area contributed by atoms with E-state index in [-0.39, 0.29) is 5.97 Å². The zero-order valence-corrected chi connectivity index (χ0v) is 28.6. The number of carbonyl (C=O) groups is 2. The van der Waals surface area contributed by atoms with Crippen molar-refractivity contribution in [2.24, 2.45) is 5.92 Å². The number of unbranched alkanes of at least 4 members (excludes halogenated alkanes) is 13.